The van der Waals surface area contributed by atoms with Crippen LogP contribution in [-0.2, 0) is 9.59 Å². The van der Waals surface area contributed by atoms with Crippen LogP contribution in [0, 0.1) is 5.92 Å². The lowest BCUT2D eigenvalue weighted by atomic mass is 10.0. The maximum Gasteiger partial charge on any atom is 0.233 e. The van der Waals surface area contributed by atoms with Crippen LogP contribution in [0.1, 0.15) is 59.3 Å². The summed E-state index contributed by atoms with van der Waals surface area (Å²) in [5, 5.41) is 0.881. The normalized spacial score (nSPS) is 19.4. The van der Waals surface area contributed by atoms with Crippen molar-refractivity contribution in [2.24, 2.45) is 5.92 Å². The largest absolute Gasteiger partial charge is 0.353 e. The van der Waals surface area contributed by atoms with Crippen molar-refractivity contribution in [1.29, 1.82) is 0 Å². The van der Waals surface area contributed by atoms with Crippen LogP contribution >= 0.6 is 23.4 Å². The van der Waals surface area contributed by atoms with Crippen LogP contribution in [-0.4, -0.2) is 76.1 Å². The van der Waals surface area contributed by atoms with Gasteiger partial charge in [-0.1, -0.05) is 49.0 Å². The molecule has 178 valence electrons. The van der Waals surface area contributed by atoms with E-state index in [-0.39, 0.29) is 17.9 Å². The van der Waals surface area contributed by atoms with E-state index in [0.717, 1.165) is 24.7 Å². The van der Waals surface area contributed by atoms with E-state index >= 15 is 0 Å². The Morgan fingerprint density at radius 2 is 1.91 bits per heavy atom. The number of aromatic nitrogens is 2. The molecule has 1 saturated carbocycles. The number of rotatable bonds is 9. The van der Waals surface area contributed by atoms with Gasteiger partial charge < -0.3 is 14.7 Å². The Kier molecular flexibility index (Phi) is 9.46. The standard InChI is InChI=1S/C23H36ClN5O2S/c1-4-27(5-2)22(31)16-32-23-25-19(24)14-20(26-23)28-12-13-29(17(3)15-28)21(30)11-10-18-8-6-7-9-18/h14,17-18H,4-13,15-16H2,1-3H3. The third kappa shape index (κ3) is 6.73. The Balaban J connectivity index is 1.55. The second-order valence-corrected chi connectivity index (χ2v) is 10.1. The molecule has 2 aliphatic rings. The minimum absolute atomic E-state index is 0.0727. The van der Waals surface area contributed by atoms with E-state index in [2.05, 4.69) is 21.8 Å². The highest BCUT2D eigenvalue weighted by atomic mass is 35.5. The Hall–Kier alpha value is -1.54. The first-order chi connectivity index (χ1) is 15.4. The van der Waals surface area contributed by atoms with Gasteiger partial charge in [0.25, 0.3) is 0 Å². The summed E-state index contributed by atoms with van der Waals surface area (Å²) in [4.78, 5) is 40.0. The van der Waals surface area contributed by atoms with Gasteiger partial charge in [0, 0.05) is 51.3 Å². The molecule has 0 radical (unpaired) electrons. The van der Waals surface area contributed by atoms with Crippen LogP contribution in [0.3, 0.4) is 0 Å². The van der Waals surface area contributed by atoms with E-state index in [1.54, 1.807) is 11.0 Å². The predicted octanol–water partition coefficient (Wildman–Crippen LogP) is 4.10. The summed E-state index contributed by atoms with van der Waals surface area (Å²) in [5.74, 6) is 2.14. The lowest BCUT2D eigenvalue weighted by molar-refractivity contribution is -0.134. The number of piperazine rings is 1. The fourth-order valence-electron chi connectivity index (χ4n) is 4.71. The number of nitrogens with zero attached hydrogens (tertiary/aromatic N) is 5. The molecule has 1 aromatic rings. The van der Waals surface area contributed by atoms with Gasteiger partial charge in [0.1, 0.15) is 11.0 Å². The zero-order valence-electron chi connectivity index (χ0n) is 19.6. The second kappa shape index (κ2) is 12.1. The van der Waals surface area contributed by atoms with Crippen molar-refractivity contribution in [2.75, 3.05) is 43.4 Å². The minimum Gasteiger partial charge on any atom is -0.353 e. The molecule has 2 heterocycles. The molecule has 0 bridgehead atoms. The van der Waals surface area contributed by atoms with E-state index in [9.17, 15) is 9.59 Å². The van der Waals surface area contributed by atoms with Gasteiger partial charge in [0.2, 0.25) is 11.8 Å². The molecule has 1 aromatic heterocycles. The van der Waals surface area contributed by atoms with Crippen LogP contribution in [0.5, 0.6) is 0 Å². The molecule has 1 atom stereocenters. The summed E-state index contributed by atoms with van der Waals surface area (Å²) in [7, 11) is 0. The van der Waals surface area contributed by atoms with Crippen LogP contribution in [0.4, 0.5) is 5.82 Å². The summed E-state index contributed by atoms with van der Waals surface area (Å²) in [6.07, 6.45) is 6.90. The molecule has 0 aromatic carbocycles. The summed E-state index contributed by atoms with van der Waals surface area (Å²) in [6, 6.07) is 1.89. The van der Waals surface area contributed by atoms with Crippen molar-refractivity contribution in [1.82, 2.24) is 19.8 Å². The van der Waals surface area contributed by atoms with Crippen molar-refractivity contribution in [3.05, 3.63) is 11.2 Å². The van der Waals surface area contributed by atoms with Gasteiger partial charge in [-0.3, -0.25) is 9.59 Å². The number of amides is 2. The van der Waals surface area contributed by atoms with Crippen molar-refractivity contribution >= 4 is 41.0 Å². The highest BCUT2D eigenvalue weighted by Gasteiger charge is 2.29. The second-order valence-electron chi connectivity index (χ2n) is 8.76. The van der Waals surface area contributed by atoms with Gasteiger partial charge in [0.15, 0.2) is 5.16 Å². The minimum atomic E-state index is 0.0727. The first-order valence-corrected chi connectivity index (χ1v) is 13.3. The van der Waals surface area contributed by atoms with Crippen molar-refractivity contribution in [3.8, 4) is 0 Å². The smallest absolute Gasteiger partial charge is 0.233 e. The zero-order chi connectivity index (χ0) is 23.1. The molecule has 9 heteroatoms. The van der Waals surface area contributed by atoms with E-state index in [1.165, 1.54) is 37.4 Å². The van der Waals surface area contributed by atoms with Gasteiger partial charge in [-0.25, -0.2) is 9.97 Å². The number of hydrogen-bond acceptors (Lipinski definition) is 6. The first kappa shape index (κ1) is 25.1. The van der Waals surface area contributed by atoms with Crippen molar-refractivity contribution < 1.29 is 9.59 Å². The summed E-state index contributed by atoms with van der Waals surface area (Å²) >= 11 is 7.59. The Bertz CT molecular complexity index is 786. The highest BCUT2D eigenvalue weighted by Crippen LogP contribution is 2.29. The molecule has 1 aliphatic heterocycles. The van der Waals surface area contributed by atoms with E-state index in [4.69, 9.17) is 11.6 Å². The Morgan fingerprint density at radius 1 is 1.19 bits per heavy atom. The van der Waals surface area contributed by atoms with Gasteiger partial charge in [-0.2, -0.15) is 0 Å². The first-order valence-electron chi connectivity index (χ1n) is 11.9. The number of carbonyl (C=O) groups is 2. The van der Waals surface area contributed by atoms with E-state index in [1.807, 2.05) is 18.7 Å². The number of halogens is 1. The maximum absolute atomic E-state index is 12.8. The molecule has 2 amide bonds. The topological polar surface area (TPSA) is 69.6 Å². The highest BCUT2D eigenvalue weighted by molar-refractivity contribution is 7.99. The fraction of sp³-hybridized carbons (Fsp3) is 0.739. The molecule has 1 aliphatic carbocycles. The monoisotopic (exact) mass is 481 g/mol. The Morgan fingerprint density at radius 3 is 2.56 bits per heavy atom. The van der Waals surface area contributed by atoms with Gasteiger partial charge >= 0.3 is 0 Å². The number of anilines is 1. The van der Waals surface area contributed by atoms with Crippen LogP contribution < -0.4 is 4.90 Å². The quantitative estimate of drug-likeness (QED) is 0.300. The van der Waals surface area contributed by atoms with Crippen molar-refractivity contribution in [3.63, 3.8) is 0 Å². The zero-order valence-corrected chi connectivity index (χ0v) is 21.1. The molecule has 32 heavy (non-hydrogen) atoms. The molecule has 7 nitrogen and oxygen atoms in total. The lowest BCUT2D eigenvalue weighted by Crippen LogP contribution is -2.54. The third-order valence-electron chi connectivity index (χ3n) is 6.61. The average molecular weight is 482 g/mol. The van der Waals surface area contributed by atoms with Gasteiger partial charge in [0.05, 0.1) is 5.75 Å². The molecule has 1 unspecified atom stereocenters. The Labute approximate surface area is 201 Å². The number of hydrogen-bond donors (Lipinski definition) is 0. The molecule has 2 fully saturated rings. The molecule has 0 N–H and O–H groups in total. The summed E-state index contributed by atoms with van der Waals surface area (Å²) < 4.78 is 0. The molecular weight excluding hydrogens is 446 g/mol. The molecule has 3 rings (SSSR count). The number of thioether (sulfide) groups is 1. The molecule has 1 saturated heterocycles. The average Bonchev–Trinajstić information content (AvgIpc) is 3.30. The SMILES string of the molecule is CCN(CC)C(=O)CSc1nc(Cl)cc(N2CCN(C(=O)CCC3CCCC3)C(C)C2)n1. The molecule has 0 spiro atoms. The van der Waals surface area contributed by atoms with Crippen molar-refractivity contribution in [2.45, 2.75) is 70.5 Å². The summed E-state index contributed by atoms with van der Waals surface area (Å²) in [5.41, 5.74) is 0. The number of carbonyl (C=O) groups excluding carboxylic acids is 2. The van der Waals surface area contributed by atoms with Crippen LogP contribution in [0.15, 0.2) is 11.2 Å². The van der Waals surface area contributed by atoms with Crippen LogP contribution in [0.2, 0.25) is 5.15 Å². The fourth-order valence-corrected chi connectivity index (χ4v) is 5.70. The van der Waals surface area contributed by atoms with E-state index < -0.39 is 0 Å². The van der Waals surface area contributed by atoms with Gasteiger partial charge in [-0.05, 0) is 33.1 Å². The van der Waals surface area contributed by atoms with Crippen LogP contribution in [0.25, 0.3) is 0 Å². The van der Waals surface area contributed by atoms with Gasteiger partial charge in [-0.15, -0.1) is 0 Å². The van der Waals surface area contributed by atoms with E-state index in [0.29, 0.717) is 48.7 Å². The predicted molar refractivity (Wildman–Crippen MR) is 130 cm³/mol. The summed E-state index contributed by atoms with van der Waals surface area (Å²) in [6.45, 7) is 9.55. The third-order valence-corrected chi connectivity index (χ3v) is 7.64. The molecular formula is C23H36ClN5O2S. The maximum atomic E-state index is 12.8. The lowest BCUT2D eigenvalue weighted by Gasteiger charge is -2.40.